The van der Waals surface area contributed by atoms with Crippen LogP contribution in [-0.4, -0.2) is 5.78 Å². The van der Waals surface area contributed by atoms with E-state index >= 15 is 0 Å². The summed E-state index contributed by atoms with van der Waals surface area (Å²) < 4.78 is 1.12. The third kappa shape index (κ3) is 3.29. The molecule has 90 valence electrons. The molecule has 0 saturated carbocycles. The summed E-state index contributed by atoms with van der Waals surface area (Å²) in [6, 6.07) is 8.21. The average molecular weight is 293 g/mol. The van der Waals surface area contributed by atoms with Crippen LogP contribution in [0.2, 0.25) is 0 Å². The summed E-state index contributed by atoms with van der Waals surface area (Å²) >= 11 is 3.55. The lowest BCUT2D eigenvalue weighted by Crippen LogP contribution is -2.22. The predicted molar refractivity (Wildman–Crippen MR) is 74.0 cm³/mol. The molecule has 0 heterocycles. The first-order valence-corrected chi connectivity index (χ1v) is 6.71. The Kier molecular flexibility index (Phi) is 3.53. The number of ketones is 1. The monoisotopic (exact) mass is 292 g/mol. The van der Waals surface area contributed by atoms with Crippen LogP contribution in [0, 0.1) is 5.41 Å². The number of benzene rings is 1. The van der Waals surface area contributed by atoms with Crippen molar-refractivity contribution in [3.63, 3.8) is 0 Å². The van der Waals surface area contributed by atoms with Gasteiger partial charge in [0, 0.05) is 10.9 Å². The van der Waals surface area contributed by atoms with Crippen molar-refractivity contribution in [1.29, 1.82) is 0 Å². The Labute approximate surface area is 111 Å². The van der Waals surface area contributed by atoms with Crippen LogP contribution in [0.5, 0.6) is 0 Å². The van der Waals surface area contributed by atoms with Gasteiger partial charge in [0.2, 0.25) is 0 Å². The minimum atomic E-state index is 0.114. The highest BCUT2D eigenvalue weighted by Gasteiger charge is 2.27. The van der Waals surface area contributed by atoms with Crippen LogP contribution in [0.4, 0.5) is 0 Å². The third-order valence-electron chi connectivity index (χ3n) is 3.10. The quantitative estimate of drug-likeness (QED) is 0.794. The first-order chi connectivity index (χ1) is 7.96. The van der Waals surface area contributed by atoms with Crippen molar-refractivity contribution >= 4 is 21.7 Å². The van der Waals surface area contributed by atoms with Gasteiger partial charge in [-0.2, -0.15) is 0 Å². The Bertz CT molecular complexity index is 472. The summed E-state index contributed by atoms with van der Waals surface area (Å²) in [5.74, 6) is 0.267. The number of carbonyl (C=O) groups is 1. The van der Waals surface area contributed by atoms with E-state index in [4.69, 9.17) is 0 Å². The van der Waals surface area contributed by atoms with E-state index in [9.17, 15) is 4.79 Å². The lowest BCUT2D eigenvalue weighted by atomic mass is 9.75. The lowest BCUT2D eigenvalue weighted by Gasteiger charge is -2.29. The molecule has 0 fully saturated rings. The Balaban J connectivity index is 2.20. The Hall–Kier alpha value is -0.890. The first kappa shape index (κ1) is 12.6. The molecule has 0 amide bonds. The number of hydrogen-bond acceptors (Lipinski definition) is 1. The molecule has 0 N–H and O–H groups in total. The van der Waals surface area contributed by atoms with E-state index in [0.29, 0.717) is 6.42 Å². The average Bonchev–Trinajstić information content (AvgIpc) is 2.18. The first-order valence-electron chi connectivity index (χ1n) is 5.92. The van der Waals surface area contributed by atoms with Crippen molar-refractivity contribution in [1.82, 2.24) is 0 Å². The van der Waals surface area contributed by atoms with E-state index < -0.39 is 0 Å². The van der Waals surface area contributed by atoms with Gasteiger partial charge < -0.3 is 0 Å². The van der Waals surface area contributed by atoms with Gasteiger partial charge in [-0.05, 0) is 36.0 Å². The van der Waals surface area contributed by atoms with E-state index in [2.05, 4.69) is 35.8 Å². The van der Waals surface area contributed by atoms with Crippen LogP contribution in [0.15, 0.2) is 40.4 Å². The number of allylic oxidation sites excluding steroid dienone is 2. The molecule has 17 heavy (non-hydrogen) atoms. The molecule has 1 aliphatic rings. The molecule has 0 radical (unpaired) electrons. The molecule has 0 aliphatic heterocycles. The molecular formula is C15H17BrO. The van der Waals surface area contributed by atoms with Crippen LogP contribution in [0.1, 0.15) is 32.3 Å². The molecule has 0 bridgehead atoms. The molecule has 1 aliphatic carbocycles. The fraction of sp³-hybridized carbons (Fsp3) is 0.400. The summed E-state index contributed by atoms with van der Waals surface area (Å²) in [5, 5.41) is 0. The van der Waals surface area contributed by atoms with E-state index in [1.807, 2.05) is 24.3 Å². The molecule has 0 aromatic heterocycles. The van der Waals surface area contributed by atoms with Gasteiger partial charge in [0.1, 0.15) is 0 Å². The van der Waals surface area contributed by atoms with Crippen LogP contribution in [-0.2, 0) is 11.2 Å². The Morgan fingerprint density at radius 1 is 1.24 bits per heavy atom. The fourth-order valence-corrected chi connectivity index (χ4v) is 2.90. The largest absolute Gasteiger partial charge is 0.295 e. The molecule has 0 atom stereocenters. The summed E-state index contributed by atoms with van der Waals surface area (Å²) in [7, 11) is 0. The number of hydrogen-bond donors (Lipinski definition) is 0. The number of carbonyl (C=O) groups excluding carboxylic acids is 1. The summed E-state index contributed by atoms with van der Waals surface area (Å²) in [5.41, 5.74) is 2.62. The van der Waals surface area contributed by atoms with E-state index in [-0.39, 0.29) is 11.2 Å². The Morgan fingerprint density at radius 3 is 2.59 bits per heavy atom. The smallest absolute Gasteiger partial charge is 0.156 e. The molecule has 1 aromatic carbocycles. The summed E-state index contributed by atoms with van der Waals surface area (Å²) in [6.07, 6.45) is 4.40. The van der Waals surface area contributed by atoms with Gasteiger partial charge in [-0.25, -0.2) is 0 Å². The minimum absolute atomic E-state index is 0.114. The highest BCUT2D eigenvalue weighted by Crippen LogP contribution is 2.35. The van der Waals surface area contributed by atoms with Gasteiger partial charge in [-0.15, -0.1) is 0 Å². The van der Waals surface area contributed by atoms with E-state index in [0.717, 1.165) is 17.3 Å². The maximum absolute atomic E-state index is 11.7. The minimum Gasteiger partial charge on any atom is -0.295 e. The highest BCUT2D eigenvalue weighted by molar-refractivity contribution is 9.10. The van der Waals surface area contributed by atoms with Crippen molar-refractivity contribution in [3.05, 3.63) is 46.0 Å². The van der Waals surface area contributed by atoms with Gasteiger partial charge in [0.15, 0.2) is 5.78 Å². The fourth-order valence-electron chi connectivity index (χ4n) is 2.48. The van der Waals surface area contributed by atoms with Gasteiger partial charge >= 0.3 is 0 Å². The van der Waals surface area contributed by atoms with Crippen molar-refractivity contribution in [2.45, 2.75) is 33.1 Å². The topological polar surface area (TPSA) is 17.1 Å². The van der Waals surface area contributed by atoms with Gasteiger partial charge in [-0.3, -0.25) is 4.79 Å². The lowest BCUT2D eigenvalue weighted by molar-refractivity contribution is -0.117. The van der Waals surface area contributed by atoms with Crippen molar-refractivity contribution < 1.29 is 4.79 Å². The summed E-state index contributed by atoms with van der Waals surface area (Å²) in [6.45, 7) is 4.33. The molecule has 0 saturated heterocycles. The van der Waals surface area contributed by atoms with Crippen molar-refractivity contribution in [3.8, 4) is 0 Å². The van der Waals surface area contributed by atoms with Gasteiger partial charge in [0.05, 0.1) is 0 Å². The molecule has 2 rings (SSSR count). The van der Waals surface area contributed by atoms with Gasteiger partial charge in [0.25, 0.3) is 0 Å². The maximum Gasteiger partial charge on any atom is 0.156 e. The molecule has 1 aromatic rings. The van der Waals surface area contributed by atoms with Crippen LogP contribution >= 0.6 is 15.9 Å². The standard InChI is InChI=1S/C15H17BrO/c1-15(2)9-11(8-13(17)10-15)7-12-5-3-4-6-14(12)16/h3-6,8H,7,9-10H2,1-2H3. The van der Waals surface area contributed by atoms with Crippen LogP contribution < -0.4 is 0 Å². The molecule has 1 nitrogen and oxygen atoms in total. The zero-order chi connectivity index (χ0) is 12.5. The molecular weight excluding hydrogens is 276 g/mol. The Morgan fingerprint density at radius 2 is 1.94 bits per heavy atom. The van der Waals surface area contributed by atoms with Gasteiger partial charge in [-0.1, -0.05) is 53.5 Å². The maximum atomic E-state index is 11.7. The second-order valence-electron chi connectivity index (χ2n) is 5.55. The molecule has 2 heteroatoms. The SMILES string of the molecule is CC1(C)CC(=O)C=C(Cc2ccccc2Br)C1. The van der Waals surface area contributed by atoms with Crippen LogP contribution in [0.25, 0.3) is 0 Å². The normalized spacial score (nSPS) is 19.0. The zero-order valence-electron chi connectivity index (χ0n) is 10.3. The second kappa shape index (κ2) is 4.77. The number of rotatable bonds is 2. The number of halogens is 1. The molecule has 0 unspecified atom stereocenters. The van der Waals surface area contributed by atoms with Crippen LogP contribution in [0.3, 0.4) is 0 Å². The van der Waals surface area contributed by atoms with Crippen molar-refractivity contribution in [2.75, 3.05) is 0 Å². The predicted octanol–water partition coefficient (Wildman–Crippen LogP) is 4.31. The molecule has 0 spiro atoms. The van der Waals surface area contributed by atoms with E-state index in [1.165, 1.54) is 11.1 Å². The van der Waals surface area contributed by atoms with Crippen molar-refractivity contribution in [2.24, 2.45) is 5.41 Å². The summed E-state index contributed by atoms with van der Waals surface area (Å²) in [4.78, 5) is 11.7. The zero-order valence-corrected chi connectivity index (χ0v) is 11.9. The highest BCUT2D eigenvalue weighted by atomic mass is 79.9. The van der Waals surface area contributed by atoms with E-state index in [1.54, 1.807) is 0 Å². The third-order valence-corrected chi connectivity index (χ3v) is 3.87. The second-order valence-corrected chi connectivity index (χ2v) is 6.41.